The number of hydrogen-bond donors (Lipinski definition) is 2. The zero-order chi connectivity index (χ0) is 9.00. The van der Waals surface area contributed by atoms with Gasteiger partial charge in [0.2, 0.25) is 0 Å². The second-order valence-corrected chi connectivity index (χ2v) is 4.06. The highest BCUT2D eigenvalue weighted by molar-refractivity contribution is 5.43. The first-order valence-corrected chi connectivity index (χ1v) is 4.74. The summed E-state index contributed by atoms with van der Waals surface area (Å²) in [6, 6.07) is 8.13. The maximum Gasteiger partial charge on any atom is 0.0873 e. The number of fused-ring (bicyclic) bond motifs is 5. The Morgan fingerprint density at radius 3 is 1.85 bits per heavy atom. The molecule has 2 unspecified atom stereocenters. The van der Waals surface area contributed by atoms with Crippen molar-refractivity contribution in [3.63, 3.8) is 0 Å². The van der Waals surface area contributed by atoms with Crippen molar-refractivity contribution in [3.8, 4) is 0 Å². The van der Waals surface area contributed by atoms with Gasteiger partial charge < -0.3 is 10.2 Å². The van der Waals surface area contributed by atoms with Gasteiger partial charge in [-0.3, -0.25) is 0 Å². The zero-order valence-corrected chi connectivity index (χ0v) is 7.22. The van der Waals surface area contributed by atoms with Crippen molar-refractivity contribution in [2.75, 3.05) is 0 Å². The largest absolute Gasteiger partial charge is 0.390 e. The molecule has 2 aliphatic carbocycles. The first-order valence-electron chi connectivity index (χ1n) is 4.74. The molecule has 0 radical (unpaired) electrons. The van der Waals surface area contributed by atoms with Crippen molar-refractivity contribution in [1.29, 1.82) is 0 Å². The second-order valence-electron chi connectivity index (χ2n) is 4.06. The lowest BCUT2D eigenvalue weighted by molar-refractivity contribution is 0.0217. The molecule has 4 atom stereocenters. The Bertz CT molecular complexity index is 315. The summed E-state index contributed by atoms with van der Waals surface area (Å²) >= 11 is 0. The summed E-state index contributed by atoms with van der Waals surface area (Å²) in [5, 5.41) is 19.4. The van der Waals surface area contributed by atoms with E-state index in [1.54, 1.807) is 0 Å². The Balaban J connectivity index is 2.16. The van der Waals surface area contributed by atoms with Gasteiger partial charge in [0.25, 0.3) is 0 Å². The Morgan fingerprint density at radius 2 is 1.38 bits per heavy atom. The molecule has 0 heterocycles. The fourth-order valence-electron chi connectivity index (χ4n) is 2.84. The molecule has 1 fully saturated rings. The SMILES string of the molecule is OC1C(O)[C@H]2C[C@@H]1c1ccccc12. The van der Waals surface area contributed by atoms with Gasteiger partial charge in [-0.2, -0.15) is 0 Å². The lowest BCUT2D eigenvalue weighted by atomic mass is 9.88. The molecule has 0 aliphatic heterocycles. The predicted molar refractivity (Wildman–Crippen MR) is 48.6 cm³/mol. The average Bonchev–Trinajstić information content (AvgIpc) is 2.66. The molecule has 0 saturated heterocycles. The van der Waals surface area contributed by atoms with Gasteiger partial charge in [-0.25, -0.2) is 0 Å². The summed E-state index contributed by atoms with van der Waals surface area (Å²) in [5.74, 6) is 0.354. The molecule has 2 aliphatic rings. The normalized spacial score (nSPS) is 40.8. The van der Waals surface area contributed by atoms with Gasteiger partial charge in [-0.05, 0) is 17.5 Å². The fourth-order valence-corrected chi connectivity index (χ4v) is 2.84. The molecule has 0 aromatic heterocycles. The number of hydrogen-bond acceptors (Lipinski definition) is 2. The molecule has 2 N–H and O–H groups in total. The molecular weight excluding hydrogens is 164 g/mol. The van der Waals surface area contributed by atoms with E-state index in [9.17, 15) is 10.2 Å². The van der Waals surface area contributed by atoms with Crippen LogP contribution < -0.4 is 0 Å². The van der Waals surface area contributed by atoms with E-state index in [4.69, 9.17) is 0 Å². The summed E-state index contributed by atoms with van der Waals surface area (Å²) in [7, 11) is 0. The van der Waals surface area contributed by atoms with Crippen molar-refractivity contribution in [1.82, 2.24) is 0 Å². The van der Waals surface area contributed by atoms with Crippen LogP contribution in [0.4, 0.5) is 0 Å². The summed E-state index contributed by atoms with van der Waals surface area (Å²) in [5.41, 5.74) is 2.48. The van der Waals surface area contributed by atoms with E-state index >= 15 is 0 Å². The van der Waals surface area contributed by atoms with Crippen LogP contribution in [-0.4, -0.2) is 22.4 Å². The highest BCUT2D eigenvalue weighted by Gasteiger charge is 2.49. The molecule has 68 valence electrons. The number of aliphatic hydroxyl groups is 2. The molecule has 13 heavy (non-hydrogen) atoms. The second kappa shape index (κ2) is 2.34. The highest BCUT2D eigenvalue weighted by Crippen LogP contribution is 2.52. The minimum absolute atomic E-state index is 0.177. The summed E-state index contributed by atoms with van der Waals surface area (Å²) in [6.07, 6.45) is -0.165. The van der Waals surface area contributed by atoms with Crippen molar-refractivity contribution < 1.29 is 10.2 Å². The monoisotopic (exact) mass is 176 g/mol. The molecule has 0 amide bonds. The minimum atomic E-state index is -0.542. The third kappa shape index (κ3) is 0.798. The van der Waals surface area contributed by atoms with Crippen LogP contribution >= 0.6 is 0 Å². The van der Waals surface area contributed by atoms with Crippen LogP contribution in [0.15, 0.2) is 24.3 Å². The number of benzene rings is 1. The fraction of sp³-hybridized carbons (Fsp3) is 0.455. The van der Waals surface area contributed by atoms with E-state index in [2.05, 4.69) is 12.1 Å². The molecular formula is C11H12O2. The van der Waals surface area contributed by atoms with Crippen LogP contribution in [0.1, 0.15) is 29.4 Å². The third-order valence-corrected chi connectivity index (χ3v) is 3.48. The molecule has 2 heteroatoms. The standard InChI is InChI=1S/C11H12O2/c12-10-8-5-9(11(10)13)7-4-2-1-3-6(7)8/h1-4,8-13H,5H2/t8-,9+,10?,11?. The Morgan fingerprint density at radius 1 is 0.923 bits per heavy atom. The zero-order valence-electron chi connectivity index (χ0n) is 7.22. The number of aliphatic hydroxyl groups excluding tert-OH is 2. The Hall–Kier alpha value is -0.860. The first-order chi connectivity index (χ1) is 6.29. The van der Waals surface area contributed by atoms with Crippen LogP contribution in [-0.2, 0) is 0 Å². The minimum Gasteiger partial charge on any atom is -0.390 e. The summed E-state index contributed by atoms with van der Waals surface area (Å²) < 4.78 is 0. The van der Waals surface area contributed by atoms with Crippen molar-refractivity contribution >= 4 is 0 Å². The molecule has 1 saturated carbocycles. The van der Waals surface area contributed by atoms with Crippen molar-refractivity contribution in [2.45, 2.75) is 30.5 Å². The molecule has 2 nitrogen and oxygen atoms in total. The Labute approximate surface area is 76.8 Å². The van der Waals surface area contributed by atoms with Crippen LogP contribution in [0.2, 0.25) is 0 Å². The van der Waals surface area contributed by atoms with Crippen molar-refractivity contribution in [3.05, 3.63) is 35.4 Å². The predicted octanol–water partition coefficient (Wildman–Crippen LogP) is 0.993. The van der Waals surface area contributed by atoms with Gasteiger partial charge >= 0.3 is 0 Å². The first kappa shape index (κ1) is 7.54. The van der Waals surface area contributed by atoms with E-state index in [1.165, 1.54) is 11.1 Å². The molecule has 1 aromatic rings. The van der Waals surface area contributed by atoms with Gasteiger partial charge in [-0.15, -0.1) is 0 Å². The van der Waals surface area contributed by atoms with Crippen LogP contribution in [0, 0.1) is 0 Å². The van der Waals surface area contributed by atoms with Gasteiger partial charge in [0.1, 0.15) is 0 Å². The van der Waals surface area contributed by atoms with Gasteiger partial charge in [0, 0.05) is 11.8 Å². The maximum atomic E-state index is 9.68. The van der Waals surface area contributed by atoms with Gasteiger partial charge in [-0.1, -0.05) is 24.3 Å². The molecule has 3 rings (SSSR count). The van der Waals surface area contributed by atoms with Gasteiger partial charge in [0.15, 0.2) is 0 Å². The third-order valence-electron chi connectivity index (χ3n) is 3.48. The molecule has 0 spiro atoms. The van der Waals surface area contributed by atoms with Crippen LogP contribution in [0.5, 0.6) is 0 Å². The Kier molecular flexibility index (Phi) is 1.35. The maximum absolute atomic E-state index is 9.68. The lowest BCUT2D eigenvalue weighted by Crippen LogP contribution is -2.30. The lowest BCUT2D eigenvalue weighted by Gasteiger charge is -2.24. The summed E-state index contributed by atoms with van der Waals surface area (Å²) in [6.45, 7) is 0. The molecule has 1 aromatic carbocycles. The van der Waals surface area contributed by atoms with E-state index in [1.807, 2.05) is 12.1 Å². The van der Waals surface area contributed by atoms with E-state index < -0.39 is 12.2 Å². The quantitative estimate of drug-likeness (QED) is 0.619. The smallest absolute Gasteiger partial charge is 0.0873 e. The topological polar surface area (TPSA) is 40.5 Å². The van der Waals surface area contributed by atoms with Gasteiger partial charge in [0.05, 0.1) is 12.2 Å². The number of rotatable bonds is 0. The average molecular weight is 176 g/mol. The van der Waals surface area contributed by atoms with E-state index in [0.717, 1.165) is 6.42 Å². The van der Waals surface area contributed by atoms with Crippen LogP contribution in [0.3, 0.4) is 0 Å². The highest BCUT2D eigenvalue weighted by atomic mass is 16.3. The van der Waals surface area contributed by atoms with E-state index in [-0.39, 0.29) is 11.8 Å². The molecule has 2 bridgehead atoms. The summed E-state index contributed by atoms with van der Waals surface area (Å²) in [4.78, 5) is 0. The van der Waals surface area contributed by atoms with Crippen molar-refractivity contribution in [2.24, 2.45) is 0 Å². The van der Waals surface area contributed by atoms with Crippen LogP contribution in [0.25, 0.3) is 0 Å². The van der Waals surface area contributed by atoms with E-state index in [0.29, 0.717) is 0 Å².